The van der Waals surface area contributed by atoms with Crippen LogP contribution in [0.2, 0.25) is 0 Å². The molecule has 1 saturated heterocycles. The first-order chi connectivity index (χ1) is 11.6. The number of rotatable bonds is 3. The average Bonchev–Trinajstić information content (AvgIpc) is 2.53. The zero-order chi connectivity index (χ0) is 18.8. The van der Waals surface area contributed by atoms with Gasteiger partial charge in [-0.3, -0.25) is 10.1 Å². The monoisotopic (exact) mass is 355 g/mol. The Hall–Kier alpha value is -2.42. The van der Waals surface area contributed by atoms with Gasteiger partial charge in [0.05, 0.1) is 28.8 Å². The van der Waals surface area contributed by atoms with Gasteiger partial charge in [-0.25, -0.2) is 9.18 Å². The van der Waals surface area contributed by atoms with E-state index in [-0.39, 0.29) is 11.3 Å². The van der Waals surface area contributed by atoms with E-state index >= 15 is 0 Å². The highest BCUT2D eigenvalue weighted by molar-refractivity contribution is 5.69. The lowest BCUT2D eigenvalue weighted by atomic mass is 10.1. The predicted octanol–water partition coefficient (Wildman–Crippen LogP) is 2.28. The highest BCUT2D eigenvalue weighted by Crippen LogP contribution is 2.29. The van der Waals surface area contributed by atoms with Gasteiger partial charge in [0.15, 0.2) is 5.82 Å². The molecule has 0 unspecified atom stereocenters. The molecule has 1 aromatic rings. The van der Waals surface area contributed by atoms with E-state index < -0.39 is 34.7 Å². The van der Waals surface area contributed by atoms with Crippen LogP contribution in [0.5, 0.6) is 0 Å². The second kappa shape index (κ2) is 7.22. The molecule has 0 aromatic heterocycles. The Balaban J connectivity index is 2.10. The first-order valence-electron chi connectivity index (χ1n) is 7.93. The van der Waals surface area contributed by atoms with Gasteiger partial charge in [0.2, 0.25) is 0 Å². The number of hydrogen-bond donors (Lipinski definition) is 1. The molecule has 1 aromatic carbocycles. The number of carbonyl (C=O) groups is 1. The van der Waals surface area contributed by atoms with Crippen LogP contribution in [0, 0.1) is 15.9 Å². The van der Waals surface area contributed by atoms with Gasteiger partial charge in [-0.2, -0.15) is 0 Å². The Kier molecular flexibility index (Phi) is 5.46. The molecule has 0 aliphatic carbocycles. The molecule has 0 saturated carbocycles. The van der Waals surface area contributed by atoms with Crippen LogP contribution in [-0.2, 0) is 11.3 Å². The maximum atomic E-state index is 14.3. The number of nitrogens with zero attached hydrogens (tertiary/aromatic N) is 3. The Labute approximate surface area is 144 Å². The van der Waals surface area contributed by atoms with Crippen LogP contribution < -0.4 is 4.90 Å². The van der Waals surface area contributed by atoms with Gasteiger partial charge in [-0.15, -0.1) is 0 Å². The highest BCUT2D eigenvalue weighted by atomic mass is 19.1. The minimum atomic E-state index is -0.727. The van der Waals surface area contributed by atoms with Crippen LogP contribution >= 0.6 is 0 Å². The summed E-state index contributed by atoms with van der Waals surface area (Å²) in [6, 6.07) is 2.11. The van der Waals surface area contributed by atoms with E-state index in [1.165, 1.54) is 11.0 Å². The van der Waals surface area contributed by atoms with E-state index in [1.54, 1.807) is 25.7 Å². The molecule has 0 spiro atoms. The van der Waals surface area contributed by atoms with Gasteiger partial charge in [0.1, 0.15) is 5.60 Å². The largest absolute Gasteiger partial charge is 0.444 e. The average molecular weight is 355 g/mol. The molecule has 1 aliphatic heterocycles. The lowest BCUT2D eigenvalue weighted by molar-refractivity contribution is -0.386. The molecule has 2 rings (SSSR count). The number of nitro groups is 1. The van der Waals surface area contributed by atoms with Gasteiger partial charge >= 0.3 is 6.09 Å². The topological polar surface area (TPSA) is 96.2 Å². The van der Waals surface area contributed by atoms with Crippen molar-refractivity contribution in [2.75, 3.05) is 31.1 Å². The lowest BCUT2D eigenvalue weighted by Crippen LogP contribution is -2.50. The van der Waals surface area contributed by atoms with Crippen molar-refractivity contribution in [2.24, 2.45) is 0 Å². The van der Waals surface area contributed by atoms with Crippen molar-refractivity contribution in [1.82, 2.24) is 4.90 Å². The smallest absolute Gasteiger partial charge is 0.410 e. The van der Waals surface area contributed by atoms with Crippen LogP contribution in [0.25, 0.3) is 0 Å². The van der Waals surface area contributed by atoms with Gasteiger partial charge in [-0.1, -0.05) is 0 Å². The first kappa shape index (κ1) is 18.9. The number of ether oxygens (including phenoxy) is 1. The molecule has 1 aliphatic rings. The van der Waals surface area contributed by atoms with E-state index in [0.717, 1.165) is 6.07 Å². The summed E-state index contributed by atoms with van der Waals surface area (Å²) < 4.78 is 19.6. The van der Waals surface area contributed by atoms with Crippen LogP contribution in [0.1, 0.15) is 26.3 Å². The summed E-state index contributed by atoms with van der Waals surface area (Å²) in [7, 11) is 0. The molecule has 138 valence electrons. The minimum Gasteiger partial charge on any atom is -0.444 e. The molecule has 0 radical (unpaired) electrons. The number of amides is 1. The van der Waals surface area contributed by atoms with Gasteiger partial charge < -0.3 is 19.6 Å². The molecule has 9 heteroatoms. The Bertz CT molecular complexity index is 666. The predicted molar refractivity (Wildman–Crippen MR) is 89.0 cm³/mol. The van der Waals surface area contributed by atoms with Crippen molar-refractivity contribution in [2.45, 2.75) is 33.0 Å². The minimum absolute atomic E-state index is 0.0518. The van der Waals surface area contributed by atoms with E-state index in [9.17, 15) is 24.4 Å². The number of benzene rings is 1. The molecule has 0 bridgehead atoms. The van der Waals surface area contributed by atoms with E-state index in [4.69, 9.17) is 4.74 Å². The fraction of sp³-hybridized carbons (Fsp3) is 0.562. The molecule has 1 heterocycles. The van der Waals surface area contributed by atoms with Crippen molar-refractivity contribution >= 4 is 17.5 Å². The zero-order valence-electron chi connectivity index (χ0n) is 14.5. The van der Waals surface area contributed by atoms with Crippen molar-refractivity contribution in [3.63, 3.8) is 0 Å². The summed E-state index contributed by atoms with van der Waals surface area (Å²) in [5.41, 5.74) is -0.806. The van der Waals surface area contributed by atoms with Gasteiger partial charge in [0, 0.05) is 26.2 Å². The Morgan fingerprint density at radius 2 is 1.92 bits per heavy atom. The summed E-state index contributed by atoms with van der Waals surface area (Å²) >= 11 is 0. The standard InChI is InChI=1S/C16H22FN3O5/c1-16(2,3)25-15(22)19-6-4-18(5-7-19)14-8-11(10-21)13(20(23)24)9-12(14)17/h8-9,21H,4-7,10H2,1-3H3. The van der Waals surface area contributed by atoms with Gasteiger partial charge in [0.25, 0.3) is 5.69 Å². The Morgan fingerprint density at radius 3 is 2.40 bits per heavy atom. The summed E-state index contributed by atoms with van der Waals surface area (Å²) in [4.78, 5) is 25.5. The third kappa shape index (κ3) is 4.56. The van der Waals surface area contributed by atoms with Crippen LogP contribution in [-0.4, -0.2) is 52.8 Å². The van der Waals surface area contributed by atoms with E-state index in [1.807, 2.05) is 0 Å². The quantitative estimate of drug-likeness (QED) is 0.660. The maximum Gasteiger partial charge on any atom is 0.410 e. The molecule has 1 amide bonds. The molecule has 25 heavy (non-hydrogen) atoms. The number of nitro benzene ring substituents is 1. The van der Waals surface area contributed by atoms with Crippen molar-refractivity contribution in [3.05, 3.63) is 33.6 Å². The molecule has 1 fully saturated rings. The molecular weight excluding hydrogens is 333 g/mol. The van der Waals surface area contributed by atoms with Crippen molar-refractivity contribution in [3.8, 4) is 0 Å². The lowest BCUT2D eigenvalue weighted by Gasteiger charge is -2.36. The summed E-state index contributed by atoms with van der Waals surface area (Å²) in [6.07, 6.45) is -0.424. The van der Waals surface area contributed by atoms with Crippen molar-refractivity contribution < 1.29 is 24.0 Å². The number of anilines is 1. The molecule has 1 N–H and O–H groups in total. The maximum absolute atomic E-state index is 14.3. The number of piperazine rings is 1. The second-order valence-electron chi connectivity index (χ2n) is 6.80. The number of hydrogen-bond acceptors (Lipinski definition) is 6. The Morgan fingerprint density at radius 1 is 1.32 bits per heavy atom. The molecule has 0 atom stereocenters. The zero-order valence-corrected chi connectivity index (χ0v) is 14.5. The highest BCUT2D eigenvalue weighted by Gasteiger charge is 2.28. The molecule has 8 nitrogen and oxygen atoms in total. The fourth-order valence-electron chi connectivity index (χ4n) is 2.59. The second-order valence-corrected chi connectivity index (χ2v) is 6.80. The number of aliphatic hydroxyl groups excluding tert-OH is 1. The molecular formula is C16H22FN3O5. The first-order valence-corrected chi connectivity index (χ1v) is 7.93. The van der Waals surface area contributed by atoms with E-state index in [2.05, 4.69) is 0 Å². The number of carbonyl (C=O) groups excluding carboxylic acids is 1. The normalized spacial score (nSPS) is 15.2. The number of aliphatic hydroxyl groups is 1. The third-order valence-electron chi connectivity index (χ3n) is 3.79. The fourth-order valence-corrected chi connectivity index (χ4v) is 2.59. The van der Waals surface area contributed by atoms with Crippen LogP contribution in [0.15, 0.2) is 12.1 Å². The SMILES string of the molecule is CC(C)(C)OC(=O)N1CCN(c2cc(CO)c([N+](=O)[O-])cc2F)CC1. The van der Waals surface area contributed by atoms with Gasteiger partial charge in [-0.05, 0) is 26.8 Å². The summed E-state index contributed by atoms with van der Waals surface area (Å²) in [6.45, 7) is 6.20. The van der Waals surface area contributed by atoms with Crippen molar-refractivity contribution in [1.29, 1.82) is 0 Å². The number of halogens is 1. The summed E-state index contributed by atoms with van der Waals surface area (Å²) in [5, 5.41) is 20.2. The third-order valence-corrected chi connectivity index (χ3v) is 3.79. The summed E-state index contributed by atoms with van der Waals surface area (Å²) in [5.74, 6) is -0.727. The van der Waals surface area contributed by atoms with E-state index in [0.29, 0.717) is 26.2 Å². The van der Waals surface area contributed by atoms with Crippen LogP contribution in [0.4, 0.5) is 20.6 Å². The van der Waals surface area contributed by atoms with Crippen LogP contribution in [0.3, 0.4) is 0 Å².